The van der Waals surface area contributed by atoms with Crippen LogP contribution in [0.2, 0.25) is 0 Å². The predicted octanol–water partition coefficient (Wildman–Crippen LogP) is 3.92. The second-order valence-corrected chi connectivity index (χ2v) is 5.63. The Morgan fingerprint density at radius 3 is 2.89 bits per heavy atom. The summed E-state index contributed by atoms with van der Waals surface area (Å²) in [5, 5.41) is 3.76. The molecule has 2 heteroatoms. The number of hydrogen-bond donors (Lipinski definition) is 1. The highest BCUT2D eigenvalue weighted by molar-refractivity contribution is 5.30. The Bertz CT molecular complexity index is 377. The molecule has 0 heterocycles. The van der Waals surface area contributed by atoms with Gasteiger partial charge >= 0.3 is 0 Å². The van der Waals surface area contributed by atoms with Gasteiger partial charge in [0.05, 0.1) is 7.11 Å². The number of rotatable bonds is 4. The summed E-state index contributed by atoms with van der Waals surface area (Å²) in [6, 6.07) is 9.44. The molecule has 100 valence electrons. The summed E-state index contributed by atoms with van der Waals surface area (Å²) in [6.07, 6.45) is 5.39. The van der Waals surface area contributed by atoms with Gasteiger partial charge in [0.2, 0.25) is 0 Å². The summed E-state index contributed by atoms with van der Waals surface area (Å²) in [4.78, 5) is 0. The molecule has 0 bridgehead atoms. The van der Waals surface area contributed by atoms with Gasteiger partial charge in [0.15, 0.2) is 0 Å². The van der Waals surface area contributed by atoms with E-state index < -0.39 is 0 Å². The van der Waals surface area contributed by atoms with Crippen LogP contribution in [0.4, 0.5) is 0 Å². The fourth-order valence-corrected chi connectivity index (χ4v) is 2.95. The second kappa shape index (κ2) is 6.24. The first-order valence-corrected chi connectivity index (χ1v) is 7.09. The Morgan fingerprint density at radius 2 is 2.17 bits per heavy atom. The van der Waals surface area contributed by atoms with Gasteiger partial charge in [-0.25, -0.2) is 0 Å². The molecule has 2 unspecified atom stereocenters. The summed E-state index contributed by atoms with van der Waals surface area (Å²) in [5.74, 6) is 1.81. The van der Waals surface area contributed by atoms with E-state index in [1.165, 1.54) is 31.2 Å². The zero-order chi connectivity index (χ0) is 13.0. The van der Waals surface area contributed by atoms with E-state index in [4.69, 9.17) is 4.74 Å². The molecule has 1 aromatic rings. The Kier molecular flexibility index (Phi) is 4.65. The van der Waals surface area contributed by atoms with Crippen molar-refractivity contribution >= 4 is 0 Å². The normalized spacial score (nSPS) is 25.7. The fraction of sp³-hybridized carbons (Fsp3) is 0.625. The number of methoxy groups -OCH3 is 1. The molecule has 0 aromatic heterocycles. The van der Waals surface area contributed by atoms with Crippen LogP contribution < -0.4 is 10.1 Å². The molecule has 1 N–H and O–H groups in total. The Morgan fingerprint density at radius 1 is 1.33 bits per heavy atom. The van der Waals surface area contributed by atoms with Crippen molar-refractivity contribution in [3.63, 3.8) is 0 Å². The smallest absolute Gasteiger partial charge is 0.119 e. The second-order valence-electron chi connectivity index (χ2n) is 5.63. The minimum absolute atomic E-state index is 0.399. The zero-order valence-corrected chi connectivity index (χ0v) is 11.8. The zero-order valence-electron chi connectivity index (χ0n) is 11.8. The molecular formula is C16H25NO. The van der Waals surface area contributed by atoms with Crippen LogP contribution in [0.3, 0.4) is 0 Å². The van der Waals surface area contributed by atoms with Crippen molar-refractivity contribution in [3.8, 4) is 5.75 Å². The van der Waals surface area contributed by atoms with E-state index in [-0.39, 0.29) is 0 Å². The molecule has 1 aromatic carbocycles. The largest absolute Gasteiger partial charge is 0.497 e. The van der Waals surface area contributed by atoms with Crippen LogP contribution in [0, 0.1) is 5.92 Å². The van der Waals surface area contributed by atoms with Gasteiger partial charge in [0.1, 0.15) is 5.75 Å². The molecule has 2 nitrogen and oxygen atoms in total. The van der Waals surface area contributed by atoms with Crippen LogP contribution in [-0.4, -0.2) is 13.2 Å². The van der Waals surface area contributed by atoms with E-state index >= 15 is 0 Å². The maximum Gasteiger partial charge on any atom is 0.119 e. The van der Waals surface area contributed by atoms with Crippen LogP contribution >= 0.6 is 0 Å². The van der Waals surface area contributed by atoms with Crippen LogP contribution in [0.5, 0.6) is 5.75 Å². The molecule has 0 amide bonds. The predicted molar refractivity (Wildman–Crippen MR) is 76.0 cm³/mol. The van der Waals surface area contributed by atoms with E-state index in [0.717, 1.165) is 11.7 Å². The van der Waals surface area contributed by atoms with Crippen molar-refractivity contribution in [2.75, 3.05) is 7.11 Å². The van der Waals surface area contributed by atoms with E-state index in [1.54, 1.807) is 7.11 Å². The molecule has 0 radical (unpaired) electrons. The molecule has 18 heavy (non-hydrogen) atoms. The van der Waals surface area contributed by atoms with Gasteiger partial charge in [-0.15, -0.1) is 0 Å². The maximum absolute atomic E-state index is 5.28. The first-order chi connectivity index (χ1) is 8.69. The van der Waals surface area contributed by atoms with Crippen LogP contribution in [0.15, 0.2) is 24.3 Å². The number of hydrogen-bond acceptors (Lipinski definition) is 2. The van der Waals surface area contributed by atoms with Gasteiger partial charge in [0.25, 0.3) is 0 Å². The van der Waals surface area contributed by atoms with E-state index in [9.17, 15) is 0 Å². The third-order valence-electron chi connectivity index (χ3n) is 4.02. The summed E-state index contributed by atoms with van der Waals surface area (Å²) < 4.78 is 5.28. The van der Waals surface area contributed by atoms with Gasteiger partial charge in [-0.05, 0) is 43.4 Å². The summed E-state index contributed by atoms with van der Waals surface area (Å²) >= 11 is 0. The van der Waals surface area contributed by atoms with E-state index in [1.807, 2.05) is 6.07 Å². The molecule has 0 spiro atoms. The van der Waals surface area contributed by atoms with Crippen molar-refractivity contribution in [3.05, 3.63) is 29.8 Å². The van der Waals surface area contributed by atoms with Gasteiger partial charge in [-0.1, -0.05) is 31.9 Å². The Balaban J connectivity index is 1.95. The van der Waals surface area contributed by atoms with E-state index in [0.29, 0.717) is 12.1 Å². The number of benzene rings is 1. The van der Waals surface area contributed by atoms with Crippen LogP contribution in [0.25, 0.3) is 0 Å². The number of nitrogens with one attached hydrogen (secondary N) is 1. The highest BCUT2D eigenvalue weighted by Crippen LogP contribution is 2.26. The van der Waals surface area contributed by atoms with Gasteiger partial charge in [0, 0.05) is 12.1 Å². The molecule has 1 saturated carbocycles. The number of ether oxygens (including phenoxy) is 1. The van der Waals surface area contributed by atoms with Crippen molar-refractivity contribution in [2.45, 2.75) is 51.6 Å². The van der Waals surface area contributed by atoms with Crippen LogP contribution in [-0.2, 0) is 0 Å². The maximum atomic E-state index is 5.28. The first-order valence-electron chi connectivity index (χ1n) is 7.09. The topological polar surface area (TPSA) is 21.3 Å². The lowest BCUT2D eigenvalue weighted by molar-refractivity contribution is 0.285. The van der Waals surface area contributed by atoms with E-state index in [2.05, 4.69) is 37.4 Å². The quantitative estimate of drug-likeness (QED) is 0.870. The molecule has 3 atom stereocenters. The molecule has 1 aliphatic rings. The minimum atomic E-state index is 0.399. The van der Waals surface area contributed by atoms with Crippen molar-refractivity contribution in [1.82, 2.24) is 5.32 Å². The first kappa shape index (κ1) is 13.4. The highest BCUT2D eigenvalue weighted by Gasteiger charge is 2.20. The summed E-state index contributed by atoms with van der Waals surface area (Å²) in [6.45, 7) is 4.61. The standard InChI is InChI=1S/C16H25NO/c1-12-6-4-8-15(10-12)17-13(2)14-7-5-9-16(11-14)18-3/h5,7,9,11-13,15,17H,4,6,8,10H2,1-3H3/t12?,13-,15?/m0/s1. The summed E-state index contributed by atoms with van der Waals surface area (Å²) in [7, 11) is 1.72. The highest BCUT2D eigenvalue weighted by atomic mass is 16.5. The third-order valence-corrected chi connectivity index (χ3v) is 4.02. The minimum Gasteiger partial charge on any atom is -0.497 e. The van der Waals surface area contributed by atoms with Crippen molar-refractivity contribution in [1.29, 1.82) is 0 Å². The Hall–Kier alpha value is -1.02. The monoisotopic (exact) mass is 247 g/mol. The van der Waals surface area contributed by atoms with Crippen LogP contribution in [0.1, 0.15) is 51.1 Å². The molecular weight excluding hydrogens is 222 g/mol. The average molecular weight is 247 g/mol. The van der Waals surface area contributed by atoms with Gasteiger partial charge in [-0.2, -0.15) is 0 Å². The lowest BCUT2D eigenvalue weighted by Crippen LogP contribution is -2.35. The lowest BCUT2D eigenvalue weighted by Gasteiger charge is -2.30. The summed E-state index contributed by atoms with van der Waals surface area (Å²) in [5.41, 5.74) is 1.31. The van der Waals surface area contributed by atoms with Crippen molar-refractivity contribution < 1.29 is 4.74 Å². The Labute approximate surface area is 111 Å². The lowest BCUT2D eigenvalue weighted by atomic mass is 9.86. The molecule has 0 aliphatic heterocycles. The molecule has 2 rings (SSSR count). The average Bonchev–Trinajstić information content (AvgIpc) is 2.39. The van der Waals surface area contributed by atoms with Gasteiger partial charge in [-0.3, -0.25) is 0 Å². The molecule has 1 aliphatic carbocycles. The molecule has 1 fully saturated rings. The SMILES string of the molecule is COc1cccc([C@H](C)NC2CCCC(C)C2)c1. The molecule has 0 saturated heterocycles. The third kappa shape index (κ3) is 3.49. The van der Waals surface area contributed by atoms with Crippen molar-refractivity contribution in [2.24, 2.45) is 5.92 Å². The van der Waals surface area contributed by atoms with Gasteiger partial charge < -0.3 is 10.1 Å². The fourth-order valence-electron chi connectivity index (χ4n) is 2.95.